The molecule has 0 saturated heterocycles. The Morgan fingerprint density at radius 3 is 2.60 bits per heavy atom. The molecule has 0 aliphatic rings. The van der Waals surface area contributed by atoms with E-state index in [-0.39, 0.29) is 0 Å². The maximum atomic E-state index is 10.8. The largest absolute Gasteiger partial charge is 0.300 e. The number of carbonyl (C=O) groups is 1. The van der Waals surface area contributed by atoms with Crippen LogP contribution in [0.4, 0.5) is 0 Å². The average molecular weight is 160 g/mol. The van der Waals surface area contributed by atoms with Gasteiger partial charge >= 0.3 is 0 Å². The third kappa shape index (κ3) is 6.14. The fraction of sp³-hybridized carbons (Fsp3) is 0.875. The average Bonchev–Trinajstić information content (AvgIpc) is 1.98. The fourth-order valence-corrected chi connectivity index (χ4v) is 1.24. The fourth-order valence-electron chi connectivity index (χ4n) is 0.745. The second-order valence-electron chi connectivity index (χ2n) is 2.34. The van der Waals surface area contributed by atoms with E-state index in [1.165, 1.54) is 12.2 Å². The number of hydrogen-bond acceptors (Lipinski definition) is 2. The van der Waals surface area contributed by atoms with Crippen LogP contribution in [0.1, 0.15) is 32.6 Å². The number of unbranched alkanes of at least 4 members (excludes halogenated alkanes) is 1. The molecule has 0 aromatic carbocycles. The number of carbonyl (C=O) groups excluding carboxylic acids is 1. The molecule has 10 heavy (non-hydrogen) atoms. The van der Waals surface area contributed by atoms with E-state index < -0.39 is 0 Å². The molecule has 0 aromatic heterocycles. The standard InChI is InChI=1S/C8H16OS/c1-3-8(9)6-4-5-7-10-2/h3-7H2,1-2H3. The lowest BCUT2D eigenvalue weighted by Crippen LogP contribution is -1.94. The third-order valence-corrected chi connectivity index (χ3v) is 2.15. The van der Waals surface area contributed by atoms with Crippen molar-refractivity contribution >= 4 is 17.5 Å². The van der Waals surface area contributed by atoms with Gasteiger partial charge in [-0.15, -0.1) is 0 Å². The van der Waals surface area contributed by atoms with Crippen LogP contribution in [0.2, 0.25) is 0 Å². The smallest absolute Gasteiger partial charge is 0.132 e. The second-order valence-corrected chi connectivity index (χ2v) is 3.33. The lowest BCUT2D eigenvalue weighted by Gasteiger charge is -1.95. The van der Waals surface area contributed by atoms with Gasteiger partial charge in [0.05, 0.1) is 0 Å². The molecule has 0 bridgehead atoms. The maximum absolute atomic E-state index is 10.8. The monoisotopic (exact) mass is 160 g/mol. The molecule has 0 saturated carbocycles. The number of Topliss-reactive ketones (excluding diaryl/α,β-unsaturated/α-hetero) is 1. The van der Waals surface area contributed by atoms with Crippen molar-refractivity contribution in [1.82, 2.24) is 0 Å². The van der Waals surface area contributed by atoms with E-state index in [0.717, 1.165) is 12.8 Å². The van der Waals surface area contributed by atoms with Gasteiger partial charge in [0, 0.05) is 12.8 Å². The summed E-state index contributed by atoms with van der Waals surface area (Å²) in [6.45, 7) is 1.93. The maximum Gasteiger partial charge on any atom is 0.132 e. The highest BCUT2D eigenvalue weighted by Crippen LogP contribution is 2.03. The van der Waals surface area contributed by atoms with E-state index >= 15 is 0 Å². The van der Waals surface area contributed by atoms with E-state index in [4.69, 9.17) is 0 Å². The normalized spacial score (nSPS) is 9.80. The summed E-state index contributed by atoms with van der Waals surface area (Å²) >= 11 is 1.85. The molecule has 0 unspecified atom stereocenters. The first kappa shape index (κ1) is 10.0. The van der Waals surface area contributed by atoms with Crippen LogP contribution >= 0.6 is 11.8 Å². The summed E-state index contributed by atoms with van der Waals surface area (Å²) in [5.41, 5.74) is 0. The van der Waals surface area contributed by atoms with Crippen molar-refractivity contribution in [3.05, 3.63) is 0 Å². The predicted octanol–water partition coefficient (Wildman–Crippen LogP) is 2.50. The van der Waals surface area contributed by atoms with E-state index in [1.807, 2.05) is 18.7 Å². The summed E-state index contributed by atoms with van der Waals surface area (Å²) in [5, 5.41) is 0. The Kier molecular flexibility index (Phi) is 7.15. The number of hydrogen-bond donors (Lipinski definition) is 0. The van der Waals surface area contributed by atoms with Crippen LogP contribution in [0.5, 0.6) is 0 Å². The summed E-state index contributed by atoms with van der Waals surface area (Å²) in [4.78, 5) is 10.8. The zero-order valence-corrected chi connectivity index (χ0v) is 7.67. The molecule has 0 spiro atoms. The van der Waals surface area contributed by atoms with E-state index in [9.17, 15) is 4.79 Å². The van der Waals surface area contributed by atoms with Gasteiger partial charge in [-0.25, -0.2) is 0 Å². The topological polar surface area (TPSA) is 17.1 Å². The summed E-state index contributed by atoms with van der Waals surface area (Å²) in [5.74, 6) is 1.60. The Labute approximate surface area is 67.6 Å². The van der Waals surface area contributed by atoms with E-state index in [0.29, 0.717) is 12.2 Å². The van der Waals surface area contributed by atoms with Crippen molar-refractivity contribution in [2.75, 3.05) is 12.0 Å². The minimum atomic E-state index is 0.404. The van der Waals surface area contributed by atoms with Gasteiger partial charge in [0.15, 0.2) is 0 Å². The first-order valence-corrected chi connectivity index (χ1v) is 5.21. The van der Waals surface area contributed by atoms with Crippen molar-refractivity contribution in [3.63, 3.8) is 0 Å². The molecule has 0 N–H and O–H groups in total. The molecule has 60 valence electrons. The SMILES string of the molecule is CCC(=O)CCCCSC. The molecule has 0 aliphatic carbocycles. The number of thioether (sulfide) groups is 1. The molecule has 0 heterocycles. The Morgan fingerprint density at radius 2 is 2.10 bits per heavy atom. The summed E-state index contributed by atoms with van der Waals surface area (Å²) in [7, 11) is 0. The van der Waals surface area contributed by atoms with Crippen LogP contribution in [0.3, 0.4) is 0 Å². The highest BCUT2D eigenvalue weighted by atomic mass is 32.2. The Morgan fingerprint density at radius 1 is 1.40 bits per heavy atom. The number of ketones is 1. The van der Waals surface area contributed by atoms with Crippen LogP contribution in [0.25, 0.3) is 0 Å². The van der Waals surface area contributed by atoms with Crippen LogP contribution in [-0.4, -0.2) is 17.8 Å². The molecule has 0 rings (SSSR count). The quantitative estimate of drug-likeness (QED) is 0.555. The summed E-state index contributed by atoms with van der Waals surface area (Å²) in [6.07, 6.45) is 5.86. The highest BCUT2D eigenvalue weighted by Gasteiger charge is 1.95. The minimum Gasteiger partial charge on any atom is -0.300 e. The van der Waals surface area contributed by atoms with Gasteiger partial charge in [-0.3, -0.25) is 4.79 Å². The first-order chi connectivity index (χ1) is 4.81. The molecule has 2 heteroatoms. The third-order valence-electron chi connectivity index (χ3n) is 1.45. The van der Waals surface area contributed by atoms with Crippen LogP contribution in [0.15, 0.2) is 0 Å². The van der Waals surface area contributed by atoms with Crippen LogP contribution in [0, 0.1) is 0 Å². The zero-order chi connectivity index (χ0) is 7.82. The van der Waals surface area contributed by atoms with Gasteiger partial charge < -0.3 is 0 Å². The number of rotatable bonds is 6. The molecule has 0 amide bonds. The van der Waals surface area contributed by atoms with E-state index in [1.54, 1.807) is 0 Å². The molecule has 1 nitrogen and oxygen atoms in total. The molecular formula is C8H16OS. The van der Waals surface area contributed by atoms with Crippen LogP contribution in [-0.2, 0) is 4.79 Å². The summed E-state index contributed by atoms with van der Waals surface area (Å²) in [6, 6.07) is 0. The molecule has 0 aromatic rings. The molecular weight excluding hydrogens is 144 g/mol. The zero-order valence-electron chi connectivity index (χ0n) is 6.85. The summed E-state index contributed by atoms with van der Waals surface area (Å²) < 4.78 is 0. The van der Waals surface area contributed by atoms with E-state index in [2.05, 4.69) is 6.26 Å². The van der Waals surface area contributed by atoms with Gasteiger partial charge in [0.2, 0.25) is 0 Å². The predicted molar refractivity (Wildman–Crippen MR) is 47.5 cm³/mol. The van der Waals surface area contributed by atoms with Crippen molar-refractivity contribution < 1.29 is 4.79 Å². The van der Waals surface area contributed by atoms with Gasteiger partial charge in [-0.05, 0) is 24.9 Å². The van der Waals surface area contributed by atoms with Gasteiger partial charge in [0.25, 0.3) is 0 Å². The molecule has 0 radical (unpaired) electrons. The highest BCUT2D eigenvalue weighted by molar-refractivity contribution is 7.98. The lowest BCUT2D eigenvalue weighted by atomic mass is 10.1. The second kappa shape index (κ2) is 7.13. The van der Waals surface area contributed by atoms with Gasteiger partial charge in [0.1, 0.15) is 5.78 Å². The molecule has 0 aliphatic heterocycles. The van der Waals surface area contributed by atoms with Crippen LogP contribution < -0.4 is 0 Å². The molecule has 0 atom stereocenters. The Hall–Kier alpha value is 0.0200. The van der Waals surface area contributed by atoms with Gasteiger partial charge in [-0.1, -0.05) is 6.92 Å². The van der Waals surface area contributed by atoms with Crippen molar-refractivity contribution in [2.24, 2.45) is 0 Å². The Bertz CT molecular complexity index is 91.3. The lowest BCUT2D eigenvalue weighted by molar-refractivity contribution is -0.118. The van der Waals surface area contributed by atoms with Gasteiger partial charge in [-0.2, -0.15) is 11.8 Å². The van der Waals surface area contributed by atoms with Crippen molar-refractivity contribution in [2.45, 2.75) is 32.6 Å². The first-order valence-electron chi connectivity index (χ1n) is 3.82. The Balaban J connectivity index is 2.96. The van der Waals surface area contributed by atoms with Crippen molar-refractivity contribution in [1.29, 1.82) is 0 Å². The minimum absolute atomic E-state index is 0.404. The molecule has 0 fully saturated rings. The van der Waals surface area contributed by atoms with Crippen molar-refractivity contribution in [3.8, 4) is 0 Å².